The largest absolute Gasteiger partial charge is 0.496 e. The zero-order valence-corrected chi connectivity index (χ0v) is 27.9. The third-order valence-corrected chi connectivity index (χ3v) is 8.43. The van der Waals surface area contributed by atoms with Crippen LogP contribution in [0.3, 0.4) is 0 Å². The number of hydroxylamine groups is 2. The molecule has 3 aromatic carbocycles. The van der Waals surface area contributed by atoms with Gasteiger partial charge in [0.15, 0.2) is 0 Å². The van der Waals surface area contributed by atoms with Crippen LogP contribution in [0.2, 0.25) is 0 Å². The minimum atomic E-state index is -1.05. The number of benzene rings is 3. The summed E-state index contributed by atoms with van der Waals surface area (Å²) >= 11 is 0. The lowest BCUT2D eigenvalue weighted by Crippen LogP contribution is -2.47. The van der Waals surface area contributed by atoms with Crippen LogP contribution in [0.1, 0.15) is 28.4 Å². The molecule has 1 fully saturated rings. The van der Waals surface area contributed by atoms with Crippen molar-refractivity contribution in [2.45, 2.75) is 44.2 Å². The fraction of sp³-hybridized carbons (Fsp3) is 0.429. The molecule has 12 heteroatoms. The van der Waals surface area contributed by atoms with Crippen molar-refractivity contribution in [3.05, 3.63) is 83.2 Å². The molecule has 1 saturated heterocycles. The highest BCUT2D eigenvalue weighted by Crippen LogP contribution is 2.39. The highest BCUT2D eigenvalue weighted by atomic mass is 19.1. The van der Waals surface area contributed by atoms with Gasteiger partial charge in [0.05, 0.1) is 25.9 Å². The van der Waals surface area contributed by atoms with Gasteiger partial charge in [-0.1, -0.05) is 30.3 Å². The molecule has 4 rings (SSSR count). The predicted molar refractivity (Wildman–Crippen MR) is 180 cm³/mol. The number of rotatable bonds is 14. The van der Waals surface area contributed by atoms with Crippen molar-refractivity contribution < 1.29 is 28.7 Å². The van der Waals surface area contributed by atoms with E-state index in [0.717, 1.165) is 11.3 Å². The molecule has 11 nitrogen and oxygen atoms in total. The topological polar surface area (TPSA) is 147 Å². The minimum Gasteiger partial charge on any atom is -0.496 e. The quantitative estimate of drug-likeness (QED) is 0.207. The van der Waals surface area contributed by atoms with Gasteiger partial charge >= 0.3 is 0 Å². The van der Waals surface area contributed by atoms with Crippen molar-refractivity contribution in [2.24, 2.45) is 17.4 Å². The van der Waals surface area contributed by atoms with Crippen molar-refractivity contribution >= 4 is 17.5 Å². The number of nitrogens with one attached hydrogen (secondary N) is 1. The van der Waals surface area contributed by atoms with Crippen molar-refractivity contribution in [3.63, 3.8) is 0 Å². The first kappa shape index (κ1) is 35.8. The van der Waals surface area contributed by atoms with Crippen LogP contribution < -0.4 is 26.4 Å². The summed E-state index contributed by atoms with van der Waals surface area (Å²) in [4.78, 5) is 36.2. The number of hydrogen-bond acceptors (Lipinski definition) is 9. The molecule has 0 radical (unpaired) electrons. The number of aliphatic hydroxyl groups is 1. The average molecular weight is 651 g/mol. The predicted octanol–water partition coefficient (Wildman–Crippen LogP) is 2.40. The van der Waals surface area contributed by atoms with Gasteiger partial charge in [0.2, 0.25) is 5.91 Å². The Bertz CT molecular complexity index is 1540. The molecule has 0 bridgehead atoms. The standard InChI is InChI=1S/C35H47FN6O5/c1-21(43)31-30(18-37)47-42(32(31)34(38)44)20-28-29(36)13-12-27(33(28)46-6)23-15-24(17-26(16-23)41(4)5)35(45)39-25(19-40(2)3)14-22-10-8-7-9-11-22/h7-13,15-17,21,25,30-32,43H,14,18-20,37H2,1-6H3,(H2,38,44)(H,39,45). The van der Waals surface area contributed by atoms with E-state index in [9.17, 15) is 14.7 Å². The summed E-state index contributed by atoms with van der Waals surface area (Å²) in [6.45, 7) is 2.00. The third kappa shape index (κ3) is 8.45. The summed E-state index contributed by atoms with van der Waals surface area (Å²) in [5.41, 5.74) is 15.2. The molecule has 3 aromatic rings. The number of hydrogen-bond donors (Lipinski definition) is 4. The zero-order chi connectivity index (χ0) is 34.4. The maximum Gasteiger partial charge on any atom is 0.251 e. The van der Waals surface area contributed by atoms with E-state index in [-0.39, 0.29) is 36.4 Å². The Balaban J connectivity index is 1.72. The molecular formula is C35H47FN6O5. The molecule has 0 aromatic heterocycles. The Labute approximate surface area is 276 Å². The van der Waals surface area contributed by atoms with Gasteiger partial charge in [-0.15, -0.1) is 0 Å². The van der Waals surface area contributed by atoms with E-state index in [1.165, 1.54) is 25.2 Å². The first-order chi connectivity index (χ1) is 22.3. The number of carbonyl (C=O) groups excluding carboxylic acids is 2. The molecule has 1 aliphatic heterocycles. The van der Waals surface area contributed by atoms with E-state index in [1.54, 1.807) is 12.1 Å². The van der Waals surface area contributed by atoms with Crippen LogP contribution in [0, 0.1) is 11.7 Å². The molecule has 1 heterocycles. The number of nitrogens with zero attached hydrogens (tertiary/aromatic N) is 3. The zero-order valence-electron chi connectivity index (χ0n) is 27.9. The molecule has 5 unspecified atom stereocenters. The maximum atomic E-state index is 15.6. The van der Waals surface area contributed by atoms with Gasteiger partial charge in [-0.25, -0.2) is 4.39 Å². The maximum absolute atomic E-state index is 15.6. The fourth-order valence-corrected chi connectivity index (χ4v) is 6.24. The number of anilines is 1. The summed E-state index contributed by atoms with van der Waals surface area (Å²) in [7, 11) is 9.11. The number of halogens is 1. The highest BCUT2D eigenvalue weighted by Gasteiger charge is 2.48. The summed E-state index contributed by atoms with van der Waals surface area (Å²) in [5.74, 6) is -2.05. The Morgan fingerprint density at radius 1 is 1.11 bits per heavy atom. The Morgan fingerprint density at radius 2 is 1.81 bits per heavy atom. The van der Waals surface area contributed by atoms with Crippen LogP contribution in [0.5, 0.6) is 5.75 Å². The molecule has 2 amide bonds. The number of likely N-dealkylation sites (N-methyl/N-ethyl adjacent to an activating group) is 1. The summed E-state index contributed by atoms with van der Waals surface area (Å²) in [5, 5.41) is 14.9. The summed E-state index contributed by atoms with van der Waals surface area (Å²) in [6, 6.07) is 17.2. The molecule has 6 N–H and O–H groups in total. The van der Waals surface area contributed by atoms with Crippen molar-refractivity contribution in [1.29, 1.82) is 0 Å². The Kier molecular flexibility index (Phi) is 11.9. The van der Waals surface area contributed by atoms with Crippen LogP contribution in [-0.4, -0.2) is 99.6 Å². The lowest BCUT2D eigenvalue weighted by Gasteiger charge is -2.26. The molecule has 254 valence electrons. The van der Waals surface area contributed by atoms with Gasteiger partial charge in [0.25, 0.3) is 5.91 Å². The molecule has 47 heavy (non-hydrogen) atoms. The lowest BCUT2D eigenvalue weighted by molar-refractivity contribution is -0.172. The smallest absolute Gasteiger partial charge is 0.251 e. The van der Waals surface area contributed by atoms with E-state index in [2.05, 4.69) is 5.32 Å². The SMILES string of the molecule is COc1c(-c2cc(C(=O)NC(Cc3ccccc3)CN(C)C)cc(N(C)C)c2)ccc(F)c1CN1OC(CN)C(C(C)O)C1C(N)=O. The number of amides is 2. The number of aliphatic hydroxyl groups excluding tert-OH is 1. The van der Waals surface area contributed by atoms with Crippen molar-refractivity contribution in [3.8, 4) is 16.9 Å². The first-order valence-corrected chi connectivity index (χ1v) is 15.6. The van der Waals surface area contributed by atoms with E-state index >= 15 is 4.39 Å². The normalized spacial score (nSPS) is 19.4. The van der Waals surface area contributed by atoms with Crippen LogP contribution in [0.25, 0.3) is 11.1 Å². The van der Waals surface area contributed by atoms with Gasteiger partial charge in [-0.2, -0.15) is 5.06 Å². The van der Waals surface area contributed by atoms with Gasteiger partial charge in [-0.05, 0) is 68.9 Å². The number of ether oxygens (including phenoxy) is 1. The fourth-order valence-electron chi connectivity index (χ4n) is 6.24. The minimum absolute atomic E-state index is 0.0262. The third-order valence-electron chi connectivity index (χ3n) is 8.43. The molecule has 0 spiro atoms. The van der Waals surface area contributed by atoms with E-state index in [4.69, 9.17) is 21.0 Å². The second-order valence-electron chi connectivity index (χ2n) is 12.5. The number of nitrogens with two attached hydrogens (primary N) is 2. The average Bonchev–Trinajstić information content (AvgIpc) is 3.41. The Hall–Kier alpha value is -4.07. The number of carbonyl (C=O) groups is 2. The lowest BCUT2D eigenvalue weighted by atomic mass is 9.89. The molecule has 0 aliphatic carbocycles. The number of methoxy groups -OCH3 is 1. The molecule has 5 atom stereocenters. The van der Waals surface area contributed by atoms with E-state index in [0.29, 0.717) is 29.7 Å². The second-order valence-corrected chi connectivity index (χ2v) is 12.5. The van der Waals surface area contributed by atoms with Crippen molar-refractivity contribution in [1.82, 2.24) is 15.3 Å². The van der Waals surface area contributed by atoms with Crippen molar-refractivity contribution in [2.75, 3.05) is 53.3 Å². The van der Waals surface area contributed by atoms with Crippen LogP contribution in [-0.2, 0) is 22.6 Å². The van der Waals surface area contributed by atoms with E-state index in [1.807, 2.05) is 80.5 Å². The van der Waals surface area contributed by atoms with Crippen LogP contribution in [0.15, 0.2) is 60.7 Å². The van der Waals surface area contributed by atoms with Crippen LogP contribution in [0.4, 0.5) is 10.1 Å². The van der Waals surface area contributed by atoms with Gasteiger partial charge in [0, 0.05) is 61.5 Å². The van der Waals surface area contributed by atoms with Gasteiger partial charge in [-0.3, -0.25) is 14.4 Å². The monoisotopic (exact) mass is 650 g/mol. The summed E-state index contributed by atoms with van der Waals surface area (Å²) in [6.07, 6.45) is -0.986. The van der Waals surface area contributed by atoms with Gasteiger partial charge < -0.3 is 36.4 Å². The van der Waals surface area contributed by atoms with Crippen LogP contribution >= 0.6 is 0 Å². The summed E-state index contributed by atoms with van der Waals surface area (Å²) < 4.78 is 21.4. The number of primary amides is 1. The van der Waals surface area contributed by atoms with E-state index < -0.39 is 35.9 Å². The highest BCUT2D eigenvalue weighted by molar-refractivity contribution is 5.97. The second kappa shape index (κ2) is 15.7. The molecular weight excluding hydrogens is 603 g/mol. The molecule has 1 aliphatic rings. The molecule has 0 saturated carbocycles. The Morgan fingerprint density at radius 3 is 2.38 bits per heavy atom. The van der Waals surface area contributed by atoms with Gasteiger partial charge in [0.1, 0.15) is 17.6 Å². The first-order valence-electron chi connectivity index (χ1n) is 15.6.